The molecule has 5 heteroatoms. The third-order valence-electron chi connectivity index (χ3n) is 4.97. The number of piperidine rings is 1. The molecule has 1 aromatic carbocycles. The first-order chi connectivity index (χ1) is 11.6. The standard InChI is InChI=1S/C19H26N2O3/c1-14-4-6-15(7-5-14)18(23)20-10-2-3-16(13-20)19(24)21(11-12-22)17-8-9-17/h4-7,16-17,22H,2-3,8-13H2,1H3. The molecule has 1 atom stereocenters. The average molecular weight is 330 g/mol. The Hall–Kier alpha value is -1.88. The van der Waals surface area contributed by atoms with Crippen molar-refractivity contribution < 1.29 is 14.7 Å². The highest BCUT2D eigenvalue weighted by molar-refractivity contribution is 5.94. The van der Waals surface area contributed by atoms with Crippen molar-refractivity contribution in [2.24, 2.45) is 5.92 Å². The summed E-state index contributed by atoms with van der Waals surface area (Å²) >= 11 is 0. The van der Waals surface area contributed by atoms with Gasteiger partial charge in [-0.2, -0.15) is 0 Å². The van der Waals surface area contributed by atoms with E-state index in [0.717, 1.165) is 31.2 Å². The fourth-order valence-electron chi connectivity index (χ4n) is 3.44. The molecule has 0 spiro atoms. The molecule has 2 aliphatic rings. The fraction of sp³-hybridized carbons (Fsp3) is 0.579. The molecule has 1 aliphatic carbocycles. The van der Waals surface area contributed by atoms with Crippen LogP contribution in [-0.4, -0.2) is 59.0 Å². The Bertz CT molecular complexity index is 595. The van der Waals surface area contributed by atoms with Gasteiger partial charge < -0.3 is 14.9 Å². The molecule has 1 unspecified atom stereocenters. The Morgan fingerprint density at radius 1 is 1.21 bits per heavy atom. The Morgan fingerprint density at radius 2 is 1.92 bits per heavy atom. The SMILES string of the molecule is Cc1ccc(C(=O)N2CCCC(C(=O)N(CCO)C3CC3)C2)cc1. The van der Waals surface area contributed by atoms with Crippen LogP contribution in [0.15, 0.2) is 24.3 Å². The van der Waals surface area contributed by atoms with Crippen LogP contribution in [0.1, 0.15) is 41.6 Å². The first-order valence-corrected chi connectivity index (χ1v) is 8.87. The minimum absolute atomic E-state index is 0.000964. The Balaban J connectivity index is 1.66. The first kappa shape index (κ1) is 17.0. The number of aryl methyl sites for hydroxylation is 1. The average Bonchev–Trinajstić information content (AvgIpc) is 3.44. The van der Waals surface area contributed by atoms with Gasteiger partial charge in [-0.1, -0.05) is 17.7 Å². The second-order valence-electron chi connectivity index (χ2n) is 6.94. The predicted octanol–water partition coefficient (Wildman–Crippen LogP) is 1.83. The molecule has 130 valence electrons. The molecule has 1 saturated carbocycles. The Kier molecular flexibility index (Phi) is 5.19. The number of carbonyl (C=O) groups is 2. The molecule has 5 nitrogen and oxygen atoms in total. The highest BCUT2D eigenvalue weighted by atomic mass is 16.3. The number of carbonyl (C=O) groups excluding carboxylic acids is 2. The van der Waals surface area contributed by atoms with Gasteiger partial charge in [0.05, 0.1) is 12.5 Å². The molecule has 1 saturated heterocycles. The van der Waals surface area contributed by atoms with Crippen molar-refractivity contribution in [1.82, 2.24) is 9.80 Å². The van der Waals surface area contributed by atoms with Gasteiger partial charge in [-0.15, -0.1) is 0 Å². The van der Waals surface area contributed by atoms with E-state index in [1.165, 1.54) is 0 Å². The van der Waals surface area contributed by atoms with E-state index in [0.29, 0.717) is 31.2 Å². The van der Waals surface area contributed by atoms with Gasteiger partial charge in [0, 0.05) is 31.2 Å². The lowest BCUT2D eigenvalue weighted by Crippen LogP contribution is -2.48. The second-order valence-corrected chi connectivity index (χ2v) is 6.94. The lowest BCUT2D eigenvalue weighted by Gasteiger charge is -2.35. The molecular weight excluding hydrogens is 304 g/mol. The zero-order valence-electron chi connectivity index (χ0n) is 14.3. The molecule has 1 heterocycles. The van der Waals surface area contributed by atoms with Crippen molar-refractivity contribution in [3.8, 4) is 0 Å². The van der Waals surface area contributed by atoms with Crippen LogP contribution in [-0.2, 0) is 4.79 Å². The normalized spacial score (nSPS) is 20.8. The molecule has 0 bridgehead atoms. The van der Waals surface area contributed by atoms with Crippen LogP contribution in [0.3, 0.4) is 0 Å². The number of nitrogens with zero attached hydrogens (tertiary/aromatic N) is 2. The maximum atomic E-state index is 12.8. The van der Waals surface area contributed by atoms with E-state index in [1.54, 1.807) is 4.90 Å². The summed E-state index contributed by atoms with van der Waals surface area (Å²) in [5, 5.41) is 9.21. The van der Waals surface area contributed by atoms with E-state index in [1.807, 2.05) is 36.1 Å². The quantitative estimate of drug-likeness (QED) is 0.896. The summed E-state index contributed by atoms with van der Waals surface area (Å²) in [5.41, 5.74) is 1.81. The van der Waals surface area contributed by atoms with Gasteiger partial charge in [0.1, 0.15) is 0 Å². The number of hydrogen-bond acceptors (Lipinski definition) is 3. The molecule has 0 aromatic heterocycles. The number of amides is 2. The van der Waals surface area contributed by atoms with Crippen LogP contribution in [0.5, 0.6) is 0 Å². The molecule has 3 rings (SSSR count). The zero-order chi connectivity index (χ0) is 17.1. The summed E-state index contributed by atoms with van der Waals surface area (Å²) < 4.78 is 0. The number of aliphatic hydroxyl groups is 1. The van der Waals surface area contributed by atoms with Crippen molar-refractivity contribution in [2.45, 2.75) is 38.6 Å². The van der Waals surface area contributed by atoms with Crippen molar-refractivity contribution in [3.63, 3.8) is 0 Å². The minimum atomic E-state index is -0.139. The van der Waals surface area contributed by atoms with Gasteiger partial charge in [-0.3, -0.25) is 9.59 Å². The van der Waals surface area contributed by atoms with Gasteiger partial charge in [0.2, 0.25) is 5.91 Å². The van der Waals surface area contributed by atoms with Crippen LogP contribution in [0, 0.1) is 12.8 Å². The van der Waals surface area contributed by atoms with Gasteiger partial charge in [0.15, 0.2) is 0 Å². The molecule has 24 heavy (non-hydrogen) atoms. The maximum Gasteiger partial charge on any atom is 0.253 e. The highest BCUT2D eigenvalue weighted by Gasteiger charge is 2.37. The number of benzene rings is 1. The third kappa shape index (κ3) is 3.78. The van der Waals surface area contributed by atoms with E-state index in [2.05, 4.69) is 0 Å². The molecule has 1 aromatic rings. The van der Waals surface area contributed by atoms with Crippen molar-refractivity contribution >= 4 is 11.8 Å². The fourth-order valence-corrected chi connectivity index (χ4v) is 3.44. The molecule has 2 fully saturated rings. The smallest absolute Gasteiger partial charge is 0.253 e. The van der Waals surface area contributed by atoms with E-state index in [-0.39, 0.29) is 24.3 Å². The zero-order valence-corrected chi connectivity index (χ0v) is 14.3. The molecule has 2 amide bonds. The van der Waals surface area contributed by atoms with Crippen molar-refractivity contribution in [3.05, 3.63) is 35.4 Å². The summed E-state index contributed by atoms with van der Waals surface area (Å²) in [7, 11) is 0. The van der Waals surface area contributed by atoms with Crippen LogP contribution < -0.4 is 0 Å². The summed E-state index contributed by atoms with van der Waals surface area (Å²) in [4.78, 5) is 29.1. The number of aliphatic hydroxyl groups excluding tert-OH is 1. The monoisotopic (exact) mass is 330 g/mol. The Morgan fingerprint density at radius 3 is 2.54 bits per heavy atom. The minimum Gasteiger partial charge on any atom is -0.395 e. The van der Waals surface area contributed by atoms with Crippen LogP contribution in [0.2, 0.25) is 0 Å². The van der Waals surface area contributed by atoms with Crippen LogP contribution in [0.25, 0.3) is 0 Å². The molecular formula is C19H26N2O3. The largest absolute Gasteiger partial charge is 0.395 e. The lowest BCUT2D eigenvalue weighted by molar-refractivity contribution is -0.138. The Labute approximate surface area is 143 Å². The maximum absolute atomic E-state index is 12.8. The van der Waals surface area contributed by atoms with E-state index >= 15 is 0 Å². The number of likely N-dealkylation sites (tertiary alicyclic amines) is 1. The third-order valence-corrected chi connectivity index (χ3v) is 4.97. The van der Waals surface area contributed by atoms with E-state index < -0.39 is 0 Å². The van der Waals surface area contributed by atoms with Gasteiger partial charge in [-0.25, -0.2) is 0 Å². The summed E-state index contributed by atoms with van der Waals surface area (Å²) in [5.74, 6) is -0.0270. The van der Waals surface area contributed by atoms with E-state index in [4.69, 9.17) is 0 Å². The first-order valence-electron chi connectivity index (χ1n) is 8.87. The van der Waals surface area contributed by atoms with Crippen molar-refractivity contribution in [2.75, 3.05) is 26.2 Å². The van der Waals surface area contributed by atoms with Crippen LogP contribution in [0.4, 0.5) is 0 Å². The highest BCUT2D eigenvalue weighted by Crippen LogP contribution is 2.30. The van der Waals surface area contributed by atoms with Crippen LogP contribution >= 0.6 is 0 Å². The van der Waals surface area contributed by atoms with Gasteiger partial charge in [-0.05, 0) is 44.7 Å². The van der Waals surface area contributed by atoms with Crippen molar-refractivity contribution in [1.29, 1.82) is 0 Å². The second kappa shape index (κ2) is 7.34. The topological polar surface area (TPSA) is 60.9 Å². The van der Waals surface area contributed by atoms with E-state index in [9.17, 15) is 14.7 Å². The lowest BCUT2D eigenvalue weighted by atomic mass is 9.95. The summed E-state index contributed by atoms with van der Waals surface area (Å²) in [6, 6.07) is 7.88. The number of rotatable bonds is 5. The number of hydrogen-bond donors (Lipinski definition) is 1. The molecule has 0 radical (unpaired) electrons. The summed E-state index contributed by atoms with van der Waals surface area (Å²) in [6.07, 6.45) is 3.74. The molecule has 1 N–H and O–H groups in total. The van der Waals surface area contributed by atoms with Gasteiger partial charge >= 0.3 is 0 Å². The van der Waals surface area contributed by atoms with Gasteiger partial charge in [0.25, 0.3) is 5.91 Å². The summed E-state index contributed by atoms with van der Waals surface area (Å²) in [6.45, 7) is 3.60. The predicted molar refractivity (Wildman–Crippen MR) is 91.6 cm³/mol. The molecule has 1 aliphatic heterocycles.